The third-order valence-corrected chi connectivity index (χ3v) is 5.11. The highest BCUT2D eigenvalue weighted by Crippen LogP contribution is 2.40. The lowest BCUT2D eigenvalue weighted by Gasteiger charge is -2.23. The van der Waals surface area contributed by atoms with Gasteiger partial charge in [-0.2, -0.15) is 4.98 Å². The predicted molar refractivity (Wildman–Crippen MR) is 98.0 cm³/mol. The molecule has 0 bridgehead atoms. The minimum atomic E-state index is -1.51. The number of anilines is 3. The Morgan fingerprint density at radius 1 is 0.786 bits per heavy atom. The van der Waals surface area contributed by atoms with Crippen LogP contribution < -0.4 is 16.2 Å². The molecule has 150 valence electrons. The van der Waals surface area contributed by atoms with E-state index in [0.29, 0.717) is 11.9 Å². The van der Waals surface area contributed by atoms with E-state index in [-0.39, 0.29) is 17.9 Å². The lowest BCUT2D eigenvalue weighted by atomic mass is 9.96. The van der Waals surface area contributed by atoms with Crippen LogP contribution in [0.1, 0.15) is 56.6 Å². The van der Waals surface area contributed by atoms with E-state index in [2.05, 4.69) is 26.1 Å². The van der Waals surface area contributed by atoms with Gasteiger partial charge in [-0.3, -0.25) is 10.9 Å². The third kappa shape index (κ3) is 4.13. The molecule has 0 amide bonds. The minimum absolute atomic E-state index is 0.165. The maximum Gasteiger partial charge on any atom is 0.225 e. The predicted octanol–water partition coefficient (Wildman–Crippen LogP) is 5.09. The maximum atomic E-state index is 13.8. The highest BCUT2D eigenvalue weighted by molar-refractivity contribution is 5.54. The summed E-state index contributed by atoms with van der Waals surface area (Å²) in [7, 11) is 0. The van der Waals surface area contributed by atoms with E-state index in [1.807, 2.05) is 0 Å². The van der Waals surface area contributed by atoms with Crippen LogP contribution in [0.2, 0.25) is 0 Å². The Morgan fingerprint density at radius 3 is 2.11 bits per heavy atom. The number of aromatic nitrogens is 2. The molecule has 0 radical (unpaired) electrons. The van der Waals surface area contributed by atoms with E-state index in [1.165, 1.54) is 6.42 Å². The van der Waals surface area contributed by atoms with Crippen LogP contribution in [0.25, 0.3) is 0 Å². The van der Waals surface area contributed by atoms with Crippen molar-refractivity contribution in [2.24, 2.45) is 0 Å². The van der Waals surface area contributed by atoms with Crippen molar-refractivity contribution < 1.29 is 17.6 Å². The van der Waals surface area contributed by atoms with Crippen molar-refractivity contribution in [1.29, 1.82) is 0 Å². The molecule has 0 aliphatic heterocycles. The second-order valence-electron chi connectivity index (χ2n) is 7.35. The van der Waals surface area contributed by atoms with Gasteiger partial charge in [0.15, 0.2) is 23.3 Å². The first-order chi connectivity index (χ1) is 13.5. The molecule has 2 aliphatic carbocycles. The number of benzene rings is 1. The smallest absolute Gasteiger partial charge is 0.225 e. The number of nitrogens with one attached hydrogen (secondary N) is 3. The summed E-state index contributed by atoms with van der Waals surface area (Å²) in [5.74, 6) is -4.96. The first kappa shape index (κ1) is 18.8. The molecule has 28 heavy (non-hydrogen) atoms. The van der Waals surface area contributed by atoms with Gasteiger partial charge in [-0.25, -0.2) is 22.5 Å². The van der Waals surface area contributed by atoms with Crippen LogP contribution >= 0.6 is 0 Å². The quantitative estimate of drug-likeness (QED) is 0.361. The molecule has 4 rings (SSSR count). The van der Waals surface area contributed by atoms with Crippen LogP contribution in [0.3, 0.4) is 0 Å². The molecule has 1 heterocycles. The van der Waals surface area contributed by atoms with E-state index in [1.54, 1.807) is 6.07 Å². The van der Waals surface area contributed by atoms with Crippen molar-refractivity contribution in [2.45, 2.75) is 56.9 Å². The van der Waals surface area contributed by atoms with Gasteiger partial charge >= 0.3 is 0 Å². The van der Waals surface area contributed by atoms with E-state index in [0.717, 1.165) is 44.2 Å². The number of rotatable bonds is 6. The average Bonchev–Trinajstić information content (AvgIpc) is 3.52. The number of hydrazine groups is 1. The van der Waals surface area contributed by atoms with Crippen molar-refractivity contribution in [3.8, 4) is 0 Å². The van der Waals surface area contributed by atoms with Crippen LogP contribution in [-0.2, 0) is 0 Å². The molecule has 1 aromatic heterocycles. The molecular formula is C19H21F4N5. The van der Waals surface area contributed by atoms with E-state index >= 15 is 0 Å². The van der Waals surface area contributed by atoms with E-state index in [9.17, 15) is 17.6 Å². The summed E-state index contributed by atoms with van der Waals surface area (Å²) in [4.78, 5) is 8.88. The van der Waals surface area contributed by atoms with Gasteiger partial charge in [0, 0.05) is 24.1 Å². The Morgan fingerprint density at radius 2 is 1.46 bits per heavy atom. The van der Waals surface area contributed by atoms with Crippen molar-refractivity contribution in [2.75, 3.05) is 16.2 Å². The zero-order valence-corrected chi connectivity index (χ0v) is 15.2. The summed E-state index contributed by atoms with van der Waals surface area (Å²) in [6, 6.07) is 2.12. The maximum absolute atomic E-state index is 13.8. The van der Waals surface area contributed by atoms with Crippen molar-refractivity contribution in [3.63, 3.8) is 0 Å². The van der Waals surface area contributed by atoms with Crippen molar-refractivity contribution in [1.82, 2.24) is 9.97 Å². The zero-order valence-electron chi connectivity index (χ0n) is 15.2. The van der Waals surface area contributed by atoms with Gasteiger partial charge in [-0.05, 0) is 25.7 Å². The normalized spacial score (nSPS) is 17.4. The van der Waals surface area contributed by atoms with Crippen LogP contribution in [0.5, 0.6) is 0 Å². The molecule has 0 saturated heterocycles. The molecule has 0 unspecified atom stereocenters. The Hall–Kier alpha value is -2.58. The topological polar surface area (TPSA) is 61.9 Å². The van der Waals surface area contributed by atoms with Crippen molar-refractivity contribution >= 4 is 17.5 Å². The summed E-state index contributed by atoms with van der Waals surface area (Å²) >= 11 is 0. The molecule has 9 heteroatoms. The highest BCUT2D eigenvalue weighted by atomic mass is 19.2. The minimum Gasteiger partial charge on any atom is -0.351 e. The third-order valence-electron chi connectivity index (χ3n) is 5.11. The molecule has 1 aromatic carbocycles. The second kappa shape index (κ2) is 7.81. The van der Waals surface area contributed by atoms with Crippen molar-refractivity contribution in [3.05, 3.63) is 41.1 Å². The molecule has 2 aromatic rings. The van der Waals surface area contributed by atoms with Crippen LogP contribution in [0, 0.1) is 23.3 Å². The van der Waals surface area contributed by atoms with Gasteiger partial charge in [0.25, 0.3) is 0 Å². The van der Waals surface area contributed by atoms with Gasteiger partial charge in [-0.1, -0.05) is 19.3 Å². The lowest BCUT2D eigenvalue weighted by molar-refractivity contribution is 0.459. The Balaban J connectivity index is 1.54. The lowest BCUT2D eigenvalue weighted by Crippen LogP contribution is -2.24. The number of hydrogen-bond donors (Lipinski definition) is 3. The summed E-state index contributed by atoms with van der Waals surface area (Å²) in [5.41, 5.74) is 4.63. The molecule has 2 saturated carbocycles. The van der Waals surface area contributed by atoms with Gasteiger partial charge < -0.3 is 5.32 Å². The highest BCUT2D eigenvalue weighted by Gasteiger charge is 2.27. The van der Waals surface area contributed by atoms with Gasteiger partial charge in [0.2, 0.25) is 5.95 Å². The fraction of sp³-hybridized carbons (Fsp3) is 0.474. The standard InChI is InChI=1S/C19H21F4N5/c20-12-8-13(21)17(23)18(16(12)22)28-27-15-9-14(10-6-7-10)25-19(26-15)24-11-4-2-1-3-5-11/h8-11,28H,1-7H2,(H2,24,25,26,27). The Bertz CT molecular complexity index is 840. The summed E-state index contributed by atoms with van der Waals surface area (Å²) in [6.45, 7) is 0. The number of halogens is 4. The van der Waals surface area contributed by atoms with Gasteiger partial charge in [0.05, 0.1) is 5.69 Å². The number of hydrogen-bond acceptors (Lipinski definition) is 5. The van der Waals surface area contributed by atoms with E-state index in [4.69, 9.17) is 0 Å². The fourth-order valence-corrected chi connectivity index (χ4v) is 3.42. The Kier molecular flexibility index (Phi) is 5.23. The molecule has 0 spiro atoms. The van der Waals surface area contributed by atoms with E-state index < -0.39 is 29.0 Å². The molecular weight excluding hydrogens is 374 g/mol. The average molecular weight is 395 g/mol. The molecule has 5 nitrogen and oxygen atoms in total. The molecule has 3 N–H and O–H groups in total. The summed E-state index contributed by atoms with van der Waals surface area (Å²) in [5, 5.41) is 3.33. The number of nitrogens with zero attached hydrogens (tertiary/aromatic N) is 2. The molecule has 2 aliphatic rings. The van der Waals surface area contributed by atoms with Crippen LogP contribution in [-0.4, -0.2) is 16.0 Å². The second-order valence-corrected chi connectivity index (χ2v) is 7.35. The summed E-state index contributed by atoms with van der Waals surface area (Å²) < 4.78 is 54.4. The SMILES string of the molecule is Fc1cc(F)c(F)c(NNc2cc(C3CC3)nc(NC3CCCCC3)n2)c1F. The summed E-state index contributed by atoms with van der Waals surface area (Å²) in [6.07, 6.45) is 7.64. The monoisotopic (exact) mass is 395 g/mol. The Labute approximate surface area is 159 Å². The first-order valence-corrected chi connectivity index (χ1v) is 9.52. The molecule has 0 atom stereocenters. The molecule has 2 fully saturated rings. The van der Waals surface area contributed by atoms with Gasteiger partial charge in [0.1, 0.15) is 11.5 Å². The van der Waals surface area contributed by atoms with Crippen LogP contribution in [0.4, 0.5) is 35.0 Å². The van der Waals surface area contributed by atoms with Crippen LogP contribution in [0.15, 0.2) is 12.1 Å². The largest absolute Gasteiger partial charge is 0.351 e. The first-order valence-electron chi connectivity index (χ1n) is 9.52. The fourth-order valence-electron chi connectivity index (χ4n) is 3.42. The zero-order chi connectivity index (χ0) is 19.7. The van der Waals surface area contributed by atoms with Gasteiger partial charge in [-0.15, -0.1) is 0 Å².